The van der Waals surface area contributed by atoms with Gasteiger partial charge in [-0.2, -0.15) is 12.6 Å². The topological polar surface area (TPSA) is 29.5 Å². The summed E-state index contributed by atoms with van der Waals surface area (Å²) in [5.74, 6) is 0.366. The standard InChI is InChI=1S/C10H21NO2S/c1-5-11(6-7-13-4)10(12)9(14)8(2)3/h8-9,14H,5-7H2,1-4H3. The molecular formula is C10H21NO2S. The van der Waals surface area contributed by atoms with Crippen LogP contribution in [0.2, 0.25) is 0 Å². The number of nitrogens with zero attached hydrogens (tertiary/aromatic N) is 1. The van der Waals surface area contributed by atoms with Gasteiger partial charge in [-0.1, -0.05) is 13.8 Å². The Morgan fingerprint density at radius 1 is 1.50 bits per heavy atom. The third kappa shape index (κ3) is 4.33. The minimum atomic E-state index is -0.202. The molecule has 1 atom stereocenters. The maximum Gasteiger partial charge on any atom is 0.235 e. The van der Waals surface area contributed by atoms with E-state index in [0.717, 1.165) is 0 Å². The molecule has 0 saturated heterocycles. The fourth-order valence-electron chi connectivity index (χ4n) is 1.10. The van der Waals surface area contributed by atoms with Crippen molar-refractivity contribution in [1.82, 2.24) is 4.90 Å². The van der Waals surface area contributed by atoms with Crippen molar-refractivity contribution in [3.05, 3.63) is 0 Å². The Kier molecular flexibility index (Phi) is 7.01. The highest BCUT2D eigenvalue weighted by molar-refractivity contribution is 7.81. The Labute approximate surface area is 92.2 Å². The van der Waals surface area contributed by atoms with Crippen LogP contribution in [0.3, 0.4) is 0 Å². The van der Waals surface area contributed by atoms with E-state index in [0.29, 0.717) is 19.7 Å². The number of carbonyl (C=O) groups is 1. The van der Waals surface area contributed by atoms with Crippen molar-refractivity contribution in [2.75, 3.05) is 26.8 Å². The molecule has 0 heterocycles. The second-order valence-electron chi connectivity index (χ2n) is 3.60. The average Bonchev–Trinajstić information content (AvgIpc) is 2.17. The molecule has 0 fully saturated rings. The van der Waals surface area contributed by atoms with Crippen LogP contribution in [-0.2, 0) is 9.53 Å². The lowest BCUT2D eigenvalue weighted by Crippen LogP contribution is -2.40. The minimum Gasteiger partial charge on any atom is -0.383 e. The third-order valence-electron chi connectivity index (χ3n) is 2.14. The van der Waals surface area contributed by atoms with Crippen LogP contribution >= 0.6 is 12.6 Å². The summed E-state index contributed by atoms with van der Waals surface area (Å²) >= 11 is 4.30. The zero-order valence-electron chi connectivity index (χ0n) is 9.49. The Bertz CT molecular complexity index is 174. The van der Waals surface area contributed by atoms with Crippen molar-refractivity contribution in [2.24, 2.45) is 5.92 Å². The Morgan fingerprint density at radius 2 is 2.07 bits per heavy atom. The van der Waals surface area contributed by atoms with E-state index in [4.69, 9.17) is 4.74 Å². The van der Waals surface area contributed by atoms with Gasteiger partial charge in [0.25, 0.3) is 0 Å². The molecule has 0 aromatic heterocycles. The van der Waals surface area contributed by atoms with E-state index < -0.39 is 0 Å². The molecule has 0 rings (SSSR count). The van der Waals surface area contributed by atoms with Crippen molar-refractivity contribution >= 4 is 18.5 Å². The Balaban J connectivity index is 4.16. The monoisotopic (exact) mass is 219 g/mol. The SMILES string of the molecule is CCN(CCOC)C(=O)C(S)C(C)C. The lowest BCUT2D eigenvalue weighted by Gasteiger charge is -2.25. The van der Waals surface area contributed by atoms with Gasteiger partial charge in [0.2, 0.25) is 5.91 Å². The summed E-state index contributed by atoms with van der Waals surface area (Å²) in [5, 5.41) is -0.202. The molecule has 0 spiro atoms. The molecule has 0 saturated carbocycles. The number of methoxy groups -OCH3 is 1. The predicted octanol–water partition coefficient (Wildman–Crippen LogP) is 1.44. The van der Waals surface area contributed by atoms with Crippen LogP contribution in [0.1, 0.15) is 20.8 Å². The summed E-state index contributed by atoms with van der Waals surface area (Å²) in [4.78, 5) is 13.6. The molecule has 14 heavy (non-hydrogen) atoms. The first-order valence-corrected chi connectivity index (χ1v) is 5.52. The molecule has 1 unspecified atom stereocenters. The lowest BCUT2D eigenvalue weighted by atomic mass is 10.1. The van der Waals surface area contributed by atoms with Crippen molar-refractivity contribution in [3.63, 3.8) is 0 Å². The highest BCUT2D eigenvalue weighted by Crippen LogP contribution is 2.12. The molecule has 0 aliphatic carbocycles. The average molecular weight is 219 g/mol. The lowest BCUT2D eigenvalue weighted by molar-refractivity contribution is -0.131. The molecule has 0 aliphatic rings. The maximum atomic E-state index is 11.8. The third-order valence-corrected chi connectivity index (χ3v) is 2.96. The smallest absolute Gasteiger partial charge is 0.235 e. The molecule has 0 aliphatic heterocycles. The number of ether oxygens (including phenoxy) is 1. The summed E-state index contributed by atoms with van der Waals surface area (Å²) < 4.78 is 4.95. The summed E-state index contributed by atoms with van der Waals surface area (Å²) in [5.41, 5.74) is 0. The first-order valence-electron chi connectivity index (χ1n) is 5.00. The molecular weight excluding hydrogens is 198 g/mol. The van der Waals surface area contributed by atoms with E-state index in [-0.39, 0.29) is 17.1 Å². The van der Waals surface area contributed by atoms with E-state index in [1.54, 1.807) is 12.0 Å². The summed E-state index contributed by atoms with van der Waals surface area (Å²) in [6.45, 7) is 7.91. The van der Waals surface area contributed by atoms with Gasteiger partial charge in [-0.3, -0.25) is 4.79 Å². The van der Waals surface area contributed by atoms with Crippen LogP contribution in [0.5, 0.6) is 0 Å². The first-order chi connectivity index (χ1) is 6.54. The number of carbonyl (C=O) groups excluding carboxylic acids is 1. The number of likely N-dealkylation sites (N-methyl/N-ethyl adjacent to an activating group) is 1. The number of amides is 1. The van der Waals surface area contributed by atoms with Crippen LogP contribution in [0.15, 0.2) is 0 Å². The highest BCUT2D eigenvalue weighted by atomic mass is 32.1. The second kappa shape index (κ2) is 7.12. The van der Waals surface area contributed by atoms with Crippen LogP contribution in [-0.4, -0.2) is 42.9 Å². The normalized spacial score (nSPS) is 13.0. The van der Waals surface area contributed by atoms with Crippen LogP contribution in [0.4, 0.5) is 0 Å². The van der Waals surface area contributed by atoms with Gasteiger partial charge in [0.15, 0.2) is 0 Å². The first kappa shape index (κ1) is 13.8. The van der Waals surface area contributed by atoms with E-state index in [1.807, 2.05) is 20.8 Å². The van der Waals surface area contributed by atoms with Crippen LogP contribution in [0.25, 0.3) is 0 Å². The van der Waals surface area contributed by atoms with Crippen molar-refractivity contribution in [2.45, 2.75) is 26.0 Å². The van der Waals surface area contributed by atoms with Gasteiger partial charge in [-0.05, 0) is 12.8 Å². The molecule has 0 aromatic carbocycles. The number of hydrogen-bond acceptors (Lipinski definition) is 3. The quantitative estimate of drug-likeness (QED) is 0.685. The number of thiol groups is 1. The van der Waals surface area contributed by atoms with Gasteiger partial charge in [0.05, 0.1) is 11.9 Å². The maximum absolute atomic E-state index is 11.8. The van der Waals surface area contributed by atoms with E-state index >= 15 is 0 Å². The Morgan fingerprint density at radius 3 is 2.43 bits per heavy atom. The number of rotatable bonds is 6. The summed E-state index contributed by atoms with van der Waals surface area (Å²) in [7, 11) is 1.64. The predicted molar refractivity (Wildman–Crippen MR) is 61.7 cm³/mol. The van der Waals surface area contributed by atoms with E-state index in [9.17, 15) is 4.79 Å². The van der Waals surface area contributed by atoms with Gasteiger partial charge in [0.1, 0.15) is 0 Å². The zero-order valence-corrected chi connectivity index (χ0v) is 10.4. The molecule has 0 aromatic rings. The summed E-state index contributed by atoms with van der Waals surface area (Å²) in [6, 6.07) is 0. The fourth-order valence-corrected chi connectivity index (χ4v) is 1.26. The van der Waals surface area contributed by atoms with Crippen LogP contribution in [0, 0.1) is 5.92 Å². The van der Waals surface area contributed by atoms with Crippen molar-refractivity contribution in [1.29, 1.82) is 0 Å². The molecule has 0 radical (unpaired) electrons. The minimum absolute atomic E-state index is 0.0999. The largest absolute Gasteiger partial charge is 0.383 e. The van der Waals surface area contributed by atoms with Gasteiger partial charge in [-0.15, -0.1) is 0 Å². The van der Waals surface area contributed by atoms with Crippen LogP contribution < -0.4 is 0 Å². The van der Waals surface area contributed by atoms with Crippen molar-refractivity contribution in [3.8, 4) is 0 Å². The molecule has 3 nitrogen and oxygen atoms in total. The van der Waals surface area contributed by atoms with E-state index in [2.05, 4.69) is 12.6 Å². The number of hydrogen-bond donors (Lipinski definition) is 1. The molecule has 4 heteroatoms. The van der Waals surface area contributed by atoms with Gasteiger partial charge >= 0.3 is 0 Å². The van der Waals surface area contributed by atoms with Crippen molar-refractivity contribution < 1.29 is 9.53 Å². The van der Waals surface area contributed by atoms with Gasteiger partial charge in [0, 0.05) is 20.2 Å². The zero-order chi connectivity index (χ0) is 11.1. The second-order valence-corrected chi connectivity index (χ2v) is 4.16. The Hall–Kier alpha value is -0.220. The van der Waals surface area contributed by atoms with Gasteiger partial charge in [-0.25, -0.2) is 0 Å². The highest BCUT2D eigenvalue weighted by Gasteiger charge is 2.22. The molecule has 1 amide bonds. The van der Waals surface area contributed by atoms with Gasteiger partial charge < -0.3 is 9.64 Å². The molecule has 0 N–H and O–H groups in total. The van der Waals surface area contributed by atoms with E-state index in [1.165, 1.54) is 0 Å². The fraction of sp³-hybridized carbons (Fsp3) is 0.900. The molecule has 0 bridgehead atoms. The molecule has 84 valence electrons. The summed E-state index contributed by atoms with van der Waals surface area (Å²) in [6.07, 6.45) is 0.